The van der Waals surface area contributed by atoms with E-state index in [-0.39, 0.29) is 26.3 Å². The Kier molecular flexibility index (Phi) is 6.43. The molecule has 24 heavy (non-hydrogen) atoms. The molecule has 0 atom stereocenters. The van der Waals surface area contributed by atoms with Crippen molar-refractivity contribution in [2.45, 2.75) is 23.0 Å². The standard InChI is InChI=1S/C16H12F6Se2/c17-15(18,19)13-5-1-11(2-6-13)9-23-24-10-12-3-7-14(8-4-12)16(20,21)22/h1-8H,9-10H2. The van der Waals surface area contributed by atoms with Crippen molar-refractivity contribution < 1.29 is 26.3 Å². The summed E-state index contributed by atoms with van der Waals surface area (Å²) in [6, 6.07) is 10.3. The molecule has 0 nitrogen and oxygen atoms in total. The molecule has 0 aliphatic rings. The van der Waals surface area contributed by atoms with Crippen LogP contribution in [0.5, 0.6) is 0 Å². The Labute approximate surface area is 146 Å². The van der Waals surface area contributed by atoms with Gasteiger partial charge >= 0.3 is 146 Å². The van der Waals surface area contributed by atoms with Crippen molar-refractivity contribution in [2.24, 2.45) is 0 Å². The minimum absolute atomic E-state index is 0.245. The van der Waals surface area contributed by atoms with Gasteiger partial charge in [-0.05, 0) is 0 Å². The molecule has 0 fully saturated rings. The second-order valence-corrected chi connectivity index (χ2v) is 12.3. The van der Waals surface area contributed by atoms with E-state index in [1.54, 1.807) is 0 Å². The molecule has 0 heterocycles. The molecule has 0 bridgehead atoms. The molecule has 0 saturated heterocycles. The Balaban J connectivity index is 1.79. The fourth-order valence-corrected chi connectivity index (χ4v) is 8.31. The first-order chi connectivity index (χ1) is 11.2. The SMILES string of the molecule is FC(F)(F)c1ccc(C[Se][Se]Cc2ccc(C(F)(F)F)cc2)cc1. The summed E-state index contributed by atoms with van der Waals surface area (Å²) in [7, 11) is 0. The van der Waals surface area contributed by atoms with Crippen LogP contribution in [-0.4, -0.2) is 26.3 Å². The first-order valence-corrected chi connectivity index (χ1v) is 13.5. The number of benzene rings is 2. The van der Waals surface area contributed by atoms with E-state index in [1.807, 2.05) is 0 Å². The van der Waals surface area contributed by atoms with Gasteiger partial charge in [0.05, 0.1) is 0 Å². The van der Waals surface area contributed by atoms with Crippen molar-refractivity contribution in [2.75, 3.05) is 0 Å². The summed E-state index contributed by atoms with van der Waals surface area (Å²) in [5, 5.41) is 1.46. The Morgan fingerprint density at radius 1 is 0.542 bits per heavy atom. The van der Waals surface area contributed by atoms with Gasteiger partial charge in [-0.2, -0.15) is 0 Å². The molecule has 0 aliphatic heterocycles. The zero-order valence-corrected chi connectivity index (χ0v) is 15.5. The quantitative estimate of drug-likeness (QED) is 0.332. The number of halogens is 6. The number of hydrogen-bond donors (Lipinski definition) is 0. The molecule has 0 aromatic heterocycles. The van der Waals surface area contributed by atoms with Crippen LogP contribution >= 0.6 is 0 Å². The molecule has 0 aliphatic carbocycles. The summed E-state index contributed by atoms with van der Waals surface area (Å²) >= 11 is 0.491. The Morgan fingerprint density at radius 2 is 0.833 bits per heavy atom. The van der Waals surface area contributed by atoms with Gasteiger partial charge in [0.2, 0.25) is 0 Å². The van der Waals surface area contributed by atoms with Crippen LogP contribution in [0, 0.1) is 0 Å². The summed E-state index contributed by atoms with van der Waals surface area (Å²) in [5.41, 5.74) is 0.401. The van der Waals surface area contributed by atoms with Crippen LogP contribution in [0.15, 0.2) is 48.5 Å². The average molecular weight is 476 g/mol. The third-order valence-corrected chi connectivity index (χ3v) is 9.73. The molecular formula is C16H12F6Se2. The second kappa shape index (κ2) is 7.96. The van der Waals surface area contributed by atoms with Crippen molar-refractivity contribution in [3.63, 3.8) is 0 Å². The van der Waals surface area contributed by atoms with Crippen LogP contribution in [0.3, 0.4) is 0 Å². The van der Waals surface area contributed by atoms with E-state index >= 15 is 0 Å². The van der Waals surface area contributed by atoms with Gasteiger partial charge in [0.1, 0.15) is 0 Å². The van der Waals surface area contributed by atoms with E-state index in [0.29, 0.717) is 0 Å². The van der Waals surface area contributed by atoms with Crippen LogP contribution in [0.4, 0.5) is 26.3 Å². The van der Waals surface area contributed by atoms with Crippen molar-refractivity contribution >= 4 is 26.3 Å². The molecule has 2 rings (SSSR count). The van der Waals surface area contributed by atoms with Gasteiger partial charge in [-0.15, -0.1) is 0 Å². The van der Waals surface area contributed by atoms with Crippen molar-refractivity contribution in [3.8, 4) is 0 Å². The molecule has 2 aromatic carbocycles. The fraction of sp³-hybridized carbons (Fsp3) is 0.250. The van der Waals surface area contributed by atoms with E-state index in [1.165, 1.54) is 24.3 Å². The second-order valence-electron chi connectivity index (χ2n) is 4.91. The number of rotatable bonds is 5. The molecule has 8 heteroatoms. The van der Waals surface area contributed by atoms with Gasteiger partial charge in [0.15, 0.2) is 0 Å². The van der Waals surface area contributed by atoms with Crippen LogP contribution < -0.4 is 0 Å². The van der Waals surface area contributed by atoms with Gasteiger partial charge in [-0.3, -0.25) is 0 Å². The molecule has 0 N–H and O–H groups in total. The Bertz CT molecular complexity index is 585. The van der Waals surface area contributed by atoms with Crippen molar-refractivity contribution in [3.05, 3.63) is 70.8 Å². The summed E-state index contributed by atoms with van der Waals surface area (Å²) in [4.78, 5) is 0. The minimum atomic E-state index is -4.32. The van der Waals surface area contributed by atoms with E-state index in [9.17, 15) is 26.3 Å². The molecule has 2 aromatic rings. The molecule has 0 spiro atoms. The van der Waals surface area contributed by atoms with Crippen molar-refractivity contribution in [1.82, 2.24) is 0 Å². The topological polar surface area (TPSA) is 0 Å². The van der Waals surface area contributed by atoms with E-state index < -0.39 is 23.5 Å². The van der Waals surface area contributed by atoms with E-state index in [4.69, 9.17) is 0 Å². The third-order valence-electron chi connectivity index (χ3n) is 3.10. The number of alkyl halides is 6. The number of hydrogen-bond acceptors (Lipinski definition) is 0. The molecule has 0 amide bonds. The predicted molar refractivity (Wildman–Crippen MR) is 81.8 cm³/mol. The van der Waals surface area contributed by atoms with Crippen LogP contribution in [-0.2, 0) is 23.0 Å². The zero-order chi connectivity index (χ0) is 17.8. The van der Waals surface area contributed by atoms with E-state index in [2.05, 4.69) is 0 Å². The molecule has 0 radical (unpaired) electrons. The van der Waals surface area contributed by atoms with Crippen molar-refractivity contribution in [1.29, 1.82) is 0 Å². The first-order valence-electron chi connectivity index (χ1n) is 6.73. The van der Waals surface area contributed by atoms with Gasteiger partial charge in [0, 0.05) is 0 Å². The molecule has 130 valence electrons. The van der Waals surface area contributed by atoms with Gasteiger partial charge in [-0.1, -0.05) is 0 Å². The van der Waals surface area contributed by atoms with Gasteiger partial charge < -0.3 is 0 Å². The van der Waals surface area contributed by atoms with Crippen LogP contribution in [0.25, 0.3) is 0 Å². The maximum absolute atomic E-state index is 12.5. The molecule has 0 unspecified atom stereocenters. The van der Waals surface area contributed by atoms with Gasteiger partial charge in [-0.25, -0.2) is 0 Å². The maximum atomic E-state index is 12.5. The first kappa shape index (κ1) is 19.4. The Hall–Kier alpha value is -0.941. The third kappa shape index (κ3) is 5.85. The average Bonchev–Trinajstić information content (AvgIpc) is 2.51. The molecule has 0 saturated carbocycles. The van der Waals surface area contributed by atoms with Crippen LogP contribution in [0.2, 0.25) is 0 Å². The zero-order valence-electron chi connectivity index (χ0n) is 12.1. The normalized spacial score (nSPS) is 12.4. The Morgan fingerprint density at radius 3 is 1.08 bits per heavy atom. The van der Waals surface area contributed by atoms with Gasteiger partial charge in [0.25, 0.3) is 0 Å². The summed E-state index contributed by atoms with van der Waals surface area (Å²) in [6.07, 6.45) is -8.65. The predicted octanol–water partition coefficient (Wildman–Crippen LogP) is 4.75. The summed E-state index contributed by atoms with van der Waals surface area (Å²) in [6.45, 7) is 0. The molecular weight excluding hydrogens is 464 g/mol. The van der Waals surface area contributed by atoms with E-state index in [0.717, 1.165) is 46.0 Å². The summed E-state index contributed by atoms with van der Waals surface area (Å²) in [5.74, 6) is 0. The monoisotopic (exact) mass is 478 g/mol. The van der Waals surface area contributed by atoms with Crippen LogP contribution in [0.1, 0.15) is 22.3 Å². The summed E-state index contributed by atoms with van der Waals surface area (Å²) < 4.78 is 74.7. The fourth-order valence-electron chi connectivity index (χ4n) is 1.80.